The van der Waals surface area contributed by atoms with Crippen molar-refractivity contribution >= 4 is 11.6 Å². The minimum atomic E-state index is 0.0268. The first-order chi connectivity index (χ1) is 12.2. The summed E-state index contributed by atoms with van der Waals surface area (Å²) < 4.78 is 6.12. The molecule has 25 heavy (non-hydrogen) atoms. The van der Waals surface area contributed by atoms with Crippen molar-refractivity contribution in [3.63, 3.8) is 0 Å². The van der Waals surface area contributed by atoms with Gasteiger partial charge in [0.25, 0.3) is 0 Å². The lowest BCUT2D eigenvalue weighted by atomic mass is 10.1. The van der Waals surface area contributed by atoms with Gasteiger partial charge in [0.05, 0.1) is 6.10 Å². The molecule has 0 aromatic heterocycles. The Bertz CT molecular complexity index is 709. The van der Waals surface area contributed by atoms with Gasteiger partial charge >= 0.3 is 0 Å². The largest absolute Gasteiger partial charge is 0.490 e. The van der Waals surface area contributed by atoms with Crippen molar-refractivity contribution in [2.45, 2.75) is 51.2 Å². The van der Waals surface area contributed by atoms with E-state index in [1.165, 1.54) is 12.8 Å². The number of ether oxygens (including phenoxy) is 1. The van der Waals surface area contributed by atoms with E-state index in [0.717, 1.165) is 35.4 Å². The van der Waals surface area contributed by atoms with Gasteiger partial charge in [-0.05, 0) is 49.8 Å². The highest BCUT2D eigenvalue weighted by molar-refractivity contribution is 5.76. The van der Waals surface area contributed by atoms with Crippen LogP contribution in [0.2, 0.25) is 0 Å². The van der Waals surface area contributed by atoms with E-state index in [-0.39, 0.29) is 5.91 Å². The third kappa shape index (κ3) is 4.99. The summed E-state index contributed by atoms with van der Waals surface area (Å²) in [6.07, 6.45) is 6.13. The van der Waals surface area contributed by atoms with Gasteiger partial charge in [0.1, 0.15) is 5.75 Å². The molecule has 1 aliphatic rings. The van der Waals surface area contributed by atoms with Gasteiger partial charge in [-0.2, -0.15) is 0 Å². The molecular weight excluding hydrogens is 312 g/mol. The zero-order valence-electron chi connectivity index (χ0n) is 14.5. The molecule has 4 nitrogen and oxygen atoms in total. The van der Waals surface area contributed by atoms with Crippen molar-refractivity contribution < 1.29 is 9.53 Å². The lowest BCUT2D eigenvalue weighted by Gasteiger charge is -2.16. The molecule has 3 N–H and O–H groups in total. The Kier molecular flexibility index (Phi) is 5.94. The fraction of sp³-hybridized carbons (Fsp3) is 0.381. The molecule has 1 aliphatic carbocycles. The molecule has 0 bridgehead atoms. The van der Waals surface area contributed by atoms with Crippen molar-refractivity contribution in [2.75, 3.05) is 5.73 Å². The third-order valence-corrected chi connectivity index (χ3v) is 4.72. The van der Waals surface area contributed by atoms with E-state index in [9.17, 15) is 4.79 Å². The molecule has 132 valence electrons. The van der Waals surface area contributed by atoms with Gasteiger partial charge in [0, 0.05) is 24.2 Å². The van der Waals surface area contributed by atoms with E-state index in [1.807, 2.05) is 48.5 Å². The highest BCUT2D eigenvalue weighted by Crippen LogP contribution is 2.26. The standard InChI is InChI=1S/C21H26N2O2/c22-19-11-5-1-7-16(19)13-14-21(24)23-15-17-8-2-6-12-20(17)25-18-9-3-4-10-18/h1-2,5-8,11-12,18H,3-4,9-10,13-15,22H2,(H,23,24). The molecule has 2 aromatic carbocycles. The molecule has 0 aliphatic heterocycles. The van der Waals surface area contributed by atoms with Crippen molar-refractivity contribution in [1.29, 1.82) is 0 Å². The molecule has 1 fully saturated rings. The van der Waals surface area contributed by atoms with Gasteiger partial charge in [0.2, 0.25) is 5.91 Å². The Labute approximate surface area is 149 Å². The fourth-order valence-electron chi connectivity index (χ4n) is 3.24. The number of aryl methyl sites for hydroxylation is 1. The number of anilines is 1. The topological polar surface area (TPSA) is 64.4 Å². The molecule has 1 amide bonds. The van der Waals surface area contributed by atoms with Gasteiger partial charge in [0.15, 0.2) is 0 Å². The van der Waals surface area contributed by atoms with Crippen LogP contribution in [0.3, 0.4) is 0 Å². The number of benzene rings is 2. The van der Waals surface area contributed by atoms with E-state index < -0.39 is 0 Å². The molecule has 1 saturated carbocycles. The molecule has 0 atom stereocenters. The van der Waals surface area contributed by atoms with Crippen LogP contribution in [0.4, 0.5) is 5.69 Å². The summed E-state index contributed by atoms with van der Waals surface area (Å²) in [5.74, 6) is 0.918. The second-order valence-corrected chi connectivity index (χ2v) is 6.61. The maximum atomic E-state index is 12.2. The Balaban J connectivity index is 1.51. The van der Waals surface area contributed by atoms with E-state index in [4.69, 9.17) is 10.5 Å². The van der Waals surface area contributed by atoms with E-state index >= 15 is 0 Å². The average molecular weight is 338 g/mol. The number of carbonyl (C=O) groups excluding carboxylic acids is 1. The van der Waals surface area contributed by atoms with Crippen LogP contribution < -0.4 is 15.8 Å². The second kappa shape index (κ2) is 8.56. The first kappa shape index (κ1) is 17.3. The van der Waals surface area contributed by atoms with E-state index in [0.29, 0.717) is 25.5 Å². The number of carbonyl (C=O) groups is 1. The SMILES string of the molecule is Nc1ccccc1CCC(=O)NCc1ccccc1OC1CCCC1. The fourth-order valence-corrected chi connectivity index (χ4v) is 3.24. The molecule has 0 radical (unpaired) electrons. The zero-order valence-corrected chi connectivity index (χ0v) is 14.5. The second-order valence-electron chi connectivity index (χ2n) is 6.61. The van der Waals surface area contributed by atoms with Crippen LogP contribution in [0, 0.1) is 0 Å². The summed E-state index contributed by atoms with van der Waals surface area (Å²) in [6, 6.07) is 15.6. The van der Waals surface area contributed by atoms with Gasteiger partial charge in [-0.1, -0.05) is 36.4 Å². The lowest BCUT2D eigenvalue weighted by Crippen LogP contribution is -2.24. The lowest BCUT2D eigenvalue weighted by molar-refractivity contribution is -0.121. The predicted octanol–water partition coefficient (Wildman–Crippen LogP) is 3.84. The number of hydrogen-bond donors (Lipinski definition) is 2. The van der Waals surface area contributed by atoms with E-state index in [2.05, 4.69) is 5.32 Å². The highest BCUT2D eigenvalue weighted by Gasteiger charge is 2.17. The smallest absolute Gasteiger partial charge is 0.220 e. The van der Waals surface area contributed by atoms with Crippen molar-refractivity contribution in [1.82, 2.24) is 5.32 Å². The van der Waals surface area contributed by atoms with Crippen molar-refractivity contribution in [2.24, 2.45) is 0 Å². The number of rotatable bonds is 7. The highest BCUT2D eigenvalue weighted by atomic mass is 16.5. The summed E-state index contributed by atoms with van der Waals surface area (Å²) in [5.41, 5.74) is 8.71. The monoisotopic (exact) mass is 338 g/mol. The average Bonchev–Trinajstić information content (AvgIpc) is 3.13. The quantitative estimate of drug-likeness (QED) is 0.754. The minimum absolute atomic E-state index is 0.0268. The van der Waals surface area contributed by atoms with Crippen molar-refractivity contribution in [3.05, 3.63) is 59.7 Å². The van der Waals surface area contributed by atoms with Gasteiger partial charge in [-0.15, -0.1) is 0 Å². The van der Waals surface area contributed by atoms with Crippen LogP contribution in [0.15, 0.2) is 48.5 Å². The summed E-state index contributed by atoms with van der Waals surface area (Å²) in [6.45, 7) is 0.492. The number of para-hydroxylation sites is 2. The van der Waals surface area contributed by atoms with Crippen LogP contribution in [0.25, 0.3) is 0 Å². The number of nitrogens with two attached hydrogens (primary N) is 1. The molecule has 0 unspecified atom stereocenters. The third-order valence-electron chi connectivity index (χ3n) is 4.72. The summed E-state index contributed by atoms with van der Waals surface area (Å²) in [5, 5.41) is 2.99. The van der Waals surface area contributed by atoms with Gasteiger partial charge < -0.3 is 15.8 Å². The van der Waals surface area contributed by atoms with Crippen LogP contribution in [0.5, 0.6) is 5.75 Å². The van der Waals surface area contributed by atoms with Crippen molar-refractivity contribution in [3.8, 4) is 5.75 Å². The van der Waals surface area contributed by atoms with Crippen LogP contribution in [-0.2, 0) is 17.8 Å². The maximum Gasteiger partial charge on any atom is 0.220 e. The number of nitrogens with one attached hydrogen (secondary N) is 1. The molecule has 4 heteroatoms. The first-order valence-electron chi connectivity index (χ1n) is 9.07. The van der Waals surface area contributed by atoms with Crippen LogP contribution >= 0.6 is 0 Å². The molecule has 3 rings (SSSR count). The Morgan fingerprint density at radius 3 is 2.48 bits per heavy atom. The maximum absolute atomic E-state index is 12.2. The number of hydrogen-bond acceptors (Lipinski definition) is 3. The summed E-state index contributed by atoms with van der Waals surface area (Å²) in [4.78, 5) is 12.2. The van der Waals surface area contributed by atoms with Gasteiger partial charge in [-0.3, -0.25) is 4.79 Å². The minimum Gasteiger partial charge on any atom is -0.490 e. The zero-order chi connectivity index (χ0) is 17.5. The normalized spacial score (nSPS) is 14.4. The van der Waals surface area contributed by atoms with Crippen LogP contribution in [-0.4, -0.2) is 12.0 Å². The number of amides is 1. The first-order valence-corrected chi connectivity index (χ1v) is 9.07. The van der Waals surface area contributed by atoms with E-state index in [1.54, 1.807) is 0 Å². The summed E-state index contributed by atoms with van der Waals surface area (Å²) in [7, 11) is 0. The Morgan fingerprint density at radius 1 is 1.04 bits per heavy atom. The Morgan fingerprint density at radius 2 is 1.72 bits per heavy atom. The van der Waals surface area contributed by atoms with Gasteiger partial charge in [-0.25, -0.2) is 0 Å². The molecular formula is C21H26N2O2. The van der Waals surface area contributed by atoms with Crippen LogP contribution in [0.1, 0.15) is 43.2 Å². The molecule has 2 aromatic rings. The Hall–Kier alpha value is -2.49. The summed E-state index contributed by atoms with van der Waals surface area (Å²) >= 11 is 0. The molecule has 0 spiro atoms. The predicted molar refractivity (Wildman–Crippen MR) is 100 cm³/mol. The molecule has 0 heterocycles. The number of nitrogen functional groups attached to an aromatic ring is 1. The molecule has 0 saturated heterocycles.